The molecule has 0 bridgehead atoms. The molecule has 30 heavy (non-hydrogen) atoms. The first-order valence-electron chi connectivity index (χ1n) is 13.9. The van der Waals surface area contributed by atoms with Crippen LogP contribution in [0, 0.1) is 0 Å². The van der Waals surface area contributed by atoms with E-state index in [1.807, 2.05) is 6.20 Å². The van der Waals surface area contributed by atoms with Crippen molar-refractivity contribution in [3.05, 3.63) is 23.5 Å². The first kappa shape index (κ1) is 27.3. The smallest absolute Gasteiger partial charge is 0.0405 e. The van der Waals surface area contributed by atoms with Crippen LogP contribution in [0.5, 0.6) is 0 Å². The number of nitrogens with zero attached hydrogens (tertiary/aromatic N) is 1. The van der Waals surface area contributed by atoms with E-state index >= 15 is 0 Å². The van der Waals surface area contributed by atoms with Crippen LogP contribution in [0.4, 0.5) is 0 Å². The average Bonchev–Trinajstić information content (AvgIpc) is 3.16. The van der Waals surface area contributed by atoms with Crippen LogP contribution in [0.1, 0.15) is 162 Å². The molecule has 0 amide bonds. The van der Waals surface area contributed by atoms with Gasteiger partial charge in [0.2, 0.25) is 0 Å². The van der Waals surface area contributed by atoms with Crippen molar-refractivity contribution < 1.29 is 0 Å². The minimum atomic E-state index is 1.23. The zero-order valence-corrected chi connectivity index (χ0v) is 20.9. The van der Waals surface area contributed by atoms with Gasteiger partial charge in [-0.15, -0.1) is 0 Å². The summed E-state index contributed by atoms with van der Waals surface area (Å²) in [4.78, 5) is 0. The van der Waals surface area contributed by atoms with Crippen molar-refractivity contribution in [3.8, 4) is 0 Å². The van der Waals surface area contributed by atoms with Crippen molar-refractivity contribution in [1.82, 2.24) is 5.32 Å². The Bertz CT molecular complexity index is 420. The lowest BCUT2D eigenvalue weighted by molar-refractivity contribution is 0.519. The van der Waals surface area contributed by atoms with Crippen molar-refractivity contribution in [2.24, 2.45) is 0 Å². The van der Waals surface area contributed by atoms with E-state index in [2.05, 4.69) is 25.2 Å². The number of unbranched alkanes of at least 4 members (excludes halogenated alkanes) is 21. The molecule has 1 heteroatoms. The Morgan fingerprint density at radius 1 is 0.500 bits per heavy atom. The summed E-state index contributed by atoms with van der Waals surface area (Å²) in [5.74, 6) is 0. The summed E-state index contributed by atoms with van der Waals surface area (Å²) in [6, 6.07) is 0. The largest absolute Gasteiger partial charge is 0.261 e. The number of hydrogen-bond donors (Lipinski definition) is 0. The van der Waals surface area contributed by atoms with Crippen molar-refractivity contribution >= 4 is 0 Å². The summed E-state index contributed by atoms with van der Waals surface area (Å²) < 4.78 is 0. The molecule has 1 aliphatic rings. The van der Waals surface area contributed by atoms with E-state index < -0.39 is 0 Å². The minimum absolute atomic E-state index is 1.23. The van der Waals surface area contributed by atoms with Crippen LogP contribution in [0.3, 0.4) is 0 Å². The monoisotopic (exact) mass is 416 g/mol. The Hall–Kier alpha value is -0.720. The van der Waals surface area contributed by atoms with Gasteiger partial charge in [0.05, 0.1) is 0 Å². The number of hydrogen-bond acceptors (Lipinski definition) is 0. The van der Waals surface area contributed by atoms with Crippen LogP contribution in [0.2, 0.25) is 0 Å². The Kier molecular flexibility index (Phi) is 19.6. The Morgan fingerprint density at radius 2 is 0.833 bits per heavy atom. The molecule has 1 aliphatic heterocycles. The van der Waals surface area contributed by atoms with E-state index in [0.717, 1.165) is 0 Å². The summed E-state index contributed by atoms with van der Waals surface area (Å²) in [7, 11) is 0. The number of allylic oxidation sites excluding steroid dienone is 3. The molecular weight excluding hydrogens is 362 g/mol. The van der Waals surface area contributed by atoms with E-state index in [9.17, 15) is 0 Å². The van der Waals surface area contributed by atoms with Crippen LogP contribution < -0.4 is 5.32 Å². The normalized spacial score (nSPS) is 13.4. The molecule has 0 aromatic heterocycles. The van der Waals surface area contributed by atoms with Crippen molar-refractivity contribution in [2.45, 2.75) is 162 Å². The SMILES string of the molecule is CCCCCCCCCCCCCCCCCCCCCCCCC1=C(C)[N]C=C1. The standard InChI is InChI=1S/C29H54N/c1-3-4-5-6-7-8-9-10-11-12-13-14-15-16-17-18-19-20-21-22-23-24-25-29-26-27-30-28(29)2/h26-27H,3-25H2,1-2H3. The van der Waals surface area contributed by atoms with Gasteiger partial charge >= 0.3 is 0 Å². The third kappa shape index (κ3) is 17.0. The Labute approximate surface area is 190 Å². The van der Waals surface area contributed by atoms with Gasteiger partial charge in [0, 0.05) is 11.9 Å². The molecule has 1 radical (unpaired) electrons. The van der Waals surface area contributed by atoms with Crippen LogP contribution in [-0.2, 0) is 0 Å². The third-order valence-corrected chi connectivity index (χ3v) is 6.81. The fraction of sp³-hybridized carbons (Fsp3) is 0.862. The lowest BCUT2D eigenvalue weighted by Gasteiger charge is -2.04. The second-order valence-electron chi connectivity index (χ2n) is 9.73. The second kappa shape index (κ2) is 21.5. The molecule has 0 N–H and O–H groups in total. The Balaban J connectivity index is 1.65. The summed E-state index contributed by atoms with van der Waals surface area (Å²) in [6.07, 6.45) is 37.4. The highest BCUT2D eigenvalue weighted by atomic mass is 14.9. The second-order valence-corrected chi connectivity index (χ2v) is 9.73. The zero-order chi connectivity index (χ0) is 21.5. The van der Waals surface area contributed by atoms with Gasteiger partial charge in [0.15, 0.2) is 0 Å². The average molecular weight is 417 g/mol. The molecule has 0 aromatic rings. The molecule has 1 nitrogen and oxygen atoms in total. The van der Waals surface area contributed by atoms with Crippen LogP contribution >= 0.6 is 0 Å². The number of rotatable bonds is 23. The molecule has 0 aliphatic carbocycles. The fourth-order valence-corrected chi connectivity index (χ4v) is 4.63. The van der Waals surface area contributed by atoms with Gasteiger partial charge in [-0.05, 0) is 31.4 Å². The predicted molar refractivity (Wildman–Crippen MR) is 136 cm³/mol. The highest BCUT2D eigenvalue weighted by Crippen LogP contribution is 2.19. The van der Waals surface area contributed by atoms with Gasteiger partial charge in [0.25, 0.3) is 0 Å². The fourth-order valence-electron chi connectivity index (χ4n) is 4.63. The summed E-state index contributed by atoms with van der Waals surface area (Å²) in [5, 5.41) is 4.32. The van der Waals surface area contributed by atoms with Crippen LogP contribution in [0.25, 0.3) is 0 Å². The molecule has 0 aromatic carbocycles. The van der Waals surface area contributed by atoms with Crippen molar-refractivity contribution in [2.75, 3.05) is 0 Å². The summed E-state index contributed by atoms with van der Waals surface area (Å²) >= 11 is 0. The van der Waals surface area contributed by atoms with E-state index in [0.29, 0.717) is 0 Å². The van der Waals surface area contributed by atoms with Gasteiger partial charge in [-0.1, -0.05) is 142 Å². The summed E-state index contributed by atoms with van der Waals surface area (Å²) in [6.45, 7) is 4.43. The van der Waals surface area contributed by atoms with E-state index in [4.69, 9.17) is 0 Å². The first-order valence-corrected chi connectivity index (χ1v) is 13.9. The topological polar surface area (TPSA) is 14.1 Å². The van der Waals surface area contributed by atoms with Gasteiger partial charge in [-0.2, -0.15) is 0 Å². The maximum absolute atomic E-state index is 4.32. The van der Waals surface area contributed by atoms with E-state index in [-0.39, 0.29) is 0 Å². The van der Waals surface area contributed by atoms with Crippen LogP contribution in [-0.4, -0.2) is 0 Å². The molecule has 0 unspecified atom stereocenters. The maximum atomic E-state index is 4.32. The van der Waals surface area contributed by atoms with E-state index in [1.165, 1.54) is 159 Å². The third-order valence-electron chi connectivity index (χ3n) is 6.81. The molecule has 0 fully saturated rings. The summed E-state index contributed by atoms with van der Waals surface area (Å²) in [5.41, 5.74) is 2.70. The highest BCUT2D eigenvalue weighted by molar-refractivity contribution is 5.29. The molecule has 1 rings (SSSR count). The minimum Gasteiger partial charge on any atom is -0.261 e. The quantitative estimate of drug-likeness (QED) is 0.147. The Morgan fingerprint density at radius 3 is 1.13 bits per heavy atom. The molecule has 0 atom stereocenters. The van der Waals surface area contributed by atoms with Gasteiger partial charge in [-0.3, -0.25) is 5.32 Å². The van der Waals surface area contributed by atoms with Crippen molar-refractivity contribution in [3.63, 3.8) is 0 Å². The molecule has 0 saturated carbocycles. The maximum Gasteiger partial charge on any atom is 0.0405 e. The molecule has 0 saturated heterocycles. The predicted octanol–water partition coefficient (Wildman–Crippen LogP) is 10.4. The lowest BCUT2D eigenvalue weighted by Crippen LogP contribution is -1.89. The van der Waals surface area contributed by atoms with Crippen LogP contribution in [0.15, 0.2) is 23.5 Å². The molecule has 1 heterocycles. The highest BCUT2D eigenvalue weighted by Gasteiger charge is 2.04. The van der Waals surface area contributed by atoms with Gasteiger partial charge < -0.3 is 0 Å². The van der Waals surface area contributed by atoms with Gasteiger partial charge in [0.1, 0.15) is 0 Å². The van der Waals surface area contributed by atoms with E-state index in [1.54, 1.807) is 0 Å². The first-order chi connectivity index (χ1) is 14.8. The molecular formula is C29H54N. The van der Waals surface area contributed by atoms with Gasteiger partial charge in [-0.25, -0.2) is 0 Å². The molecule has 0 spiro atoms. The van der Waals surface area contributed by atoms with Crippen molar-refractivity contribution in [1.29, 1.82) is 0 Å². The zero-order valence-electron chi connectivity index (χ0n) is 20.9. The lowest BCUT2D eigenvalue weighted by atomic mass is 10.0. The molecule has 175 valence electrons.